The van der Waals surface area contributed by atoms with Crippen molar-refractivity contribution in [1.29, 1.82) is 0 Å². The van der Waals surface area contributed by atoms with Crippen molar-refractivity contribution in [2.45, 2.75) is 39.0 Å². The van der Waals surface area contributed by atoms with Crippen LogP contribution in [0.2, 0.25) is 0 Å². The van der Waals surface area contributed by atoms with Crippen molar-refractivity contribution in [2.24, 2.45) is 5.92 Å². The fourth-order valence-electron chi connectivity index (χ4n) is 2.85. The van der Waals surface area contributed by atoms with Crippen molar-refractivity contribution in [1.82, 2.24) is 10.2 Å². The molecule has 0 spiro atoms. The molecule has 3 heteroatoms. The van der Waals surface area contributed by atoms with Gasteiger partial charge in [0.2, 0.25) is 0 Å². The molecular formula is C16H26N2O. The first-order chi connectivity index (χ1) is 9.19. The molecular weight excluding hydrogens is 236 g/mol. The zero-order chi connectivity index (χ0) is 13.7. The Morgan fingerprint density at radius 1 is 1.32 bits per heavy atom. The molecule has 1 aromatic rings. The maximum absolute atomic E-state index is 9.84. The van der Waals surface area contributed by atoms with Gasteiger partial charge in [0, 0.05) is 25.7 Å². The molecule has 1 saturated heterocycles. The molecule has 19 heavy (non-hydrogen) atoms. The summed E-state index contributed by atoms with van der Waals surface area (Å²) in [7, 11) is 0. The van der Waals surface area contributed by atoms with Gasteiger partial charge in [-0.2, -0.15) is 0 Å². The summed E-state index contributed by atoms with van der Waals surface area (Å²) >= 11 is 0. The van der Waals surface area contributed by atoms with E-state index in [9.17, 15) is 5.11 Å². The monoisotopic (exact) mass is 262 g/mol. The van der Waals surface area contributed by atoms with Gasteiger partial charge in [-0.25, -0.2) is 0 Å². The molecule has 1 fully saturated rings. The number of likely N-dealkylation sites (tertiary alicyclic amines) is 1. The van der Waals surface area contributed by atoms with E-state index in [1.807, 2.05) is 13.0 Å². The summed E-state index contributed by atoms with van der Waals surface area (Å²) in [5.41, 5.74) is 1.32. The summed E-state index contributed by atoms with van der Waals surface area (Å²) in [6, 6.07) is 11.0. The molecule has 0 aromatic heterocycles. The zero-order valence-electron chi connectivity index (χ0n) is 12.0. The molecule has 3 nitrogen and oxygen atoms in total. The number of hydrogen-bond donors (Lipinski definition) is 2. The summed E-state index contributed by atoms with van der Waals surface area (Å²) in [6.07, 6.45) is 0.858. The van der Waals surface area contributed by atoms with Crippen LogP contribution in [-0.4, -0.2) is 41.8 Å². The third-order valence-electron chi connectivity index (χ3n) is 4.13. The lowest BCUT2D eigenvalue weighted by Gasteiger charge is -2.39. The minimum absolute atomic E-state index is 0.213. The van der Waals surface area contributed by atoms with Crippen LogP contribution < -0.4 is 5.32 Å². The first kappa shape index (κ1) is 14.5. The molecule has 1 aliphatic rings. The van der Waals surface area contributed by atoms with Gasteiger partial charge in [0.25, 0.3) is 0 Å². The minimum atomic E-state index is -0.213. The first-order valence-corrected chi connectivity index (χ1v) is 7.36. The molecule has 1 aliphatic heterocycles. The van der Waals surface area contributed by atoms with Crippen molar-refractivity contribution < 1.29 is 5.11 Å². The Labute approximate surface area is 116 Å². The van der Waals surface area contributed by atoms with E-state index in [0.29, 0.717) is 12.0 Å². The fourth-order valence-corrected chi connectivity index (χ4v) is 2.85. The van der Waals surface area contributed by atoms with Gasteiger partial charge < -0.3 is 15.3 Å². The quantitative estimate of drug-likeness (QED) is 0.850. The van der Waals surface area contributed by atoms with Gasteiger partial charge in [-0.05, 0) is 31.4 Å². The van der Waals surface area contributed by atoms with Gasteiger partial charge in [-0.3, -0.25) is 0 Å². The summed E-state index contributed by atoms with van der Waals surface area (Å²) in [4.78, 5) is 2.43. The number of likely N-dealkylation sites (N-methyl/N-ethyl adjacent to an activating group) is 1. The van der Waals surface area contributed by atoms with E-state index >= 15 is 0 Å². The van der Waals surface area contributed by atoms with Crippen LogP contribution in [0, 0.1) is 5.92 Å². The van der Waals surface area contributed by atoms with Crippen LogP contribution in [0.4, 0.5) is 0 Å². The maximum Gasteiger partial charge on any atom is 0.0553 e. The van der Waals surface area contributed by atoms with Gasteiger partial charge in [0.15, 0.2) is 0 Å². The smallest absolute Gasteiger partial charge is 0.0553 e. The van der Waals surface area contributed by atoms with Gasteiger partial charge in [-0.15, -0.1) is 0 Å². The third-order valence-corrected chi connectivity index (χ3v) is 4.13. The Morgan fingerprint density at radius 3 is 2.68 bits per heavy atom. The molecule has 0 aliphatic carbocycles. The molecule has 0 amide bonds. The lowest BCUT2D eigenvalue weighted by atomic mass is 9.90. The highest BCUT2D eigenvalue weighted by Crippen LogP contribution is 2.20. The molecule has 1 heterocycles. The second-order valence-corrected chi connectivity index (χ2v) is 5.65. The molecule has 3 atom stereocenters. The number of hydrogen-bond acceptors (Lipinski definition) is 3. The number of nitrogens with zero attached hydrogens (tertiary/aromatic N) is 1. The van der Waals surface area contributed by atoms with E-state index in [1.54, 1.807) is 0 Å². The maximum atomic E-state index is 9.84. The third kappa shape index (κ3) is 4.30. The fraction of sp³-hybridized carbons (Fsp3) is 0.625. The molecule has 3 unspecified atom stereocenters. The van der Waals surface area contributed by atoms with Crippen LogP contribution in [0.1, 0.15) is 25.8 Å². The Balaban J connectivity index is 1.88. The SMILES string of the molecule is CCN1CC(NCc2ccccc2)CC(C(C)O)C1. The van der Waals surface area contributed by atoms with E-state index in [2.05, 4.69) is 41.4 Å². The Kier molecular flexibility index (Phi) is 5.37. The molecule has 0 bridgehead atoms. The van der Waals surface area contributed by atoms with E-state index in [1.165, 1.54) is 5.56 Å². The number of aliphatic hydroxyl groups excluding tert-OH is 1. The van der Waals surface area contributed by atoms with Crippen molar-refractivity contribution in [2.75, 3.05) is 19.6 Å². The molecule has 2 N–H and O–H groups in total. The summed E-state index contributed by atoms with van der Waals surface area (Å²) in [5, 5.41) is 13.5. The van der Waals surface area contributed by atoms with E-state index in [4.69, 9.17) is 0 Å². The highest BCUT2D eigenvalue weighted by molar-refractivity contribution is 5.14. The van der Waals surface area contributed by atoms with Crippen molar-refractivity contribution in [3.05, 3.63) is 35.9 Å². The van der Waals surface area contributed by atoms with Crippen LogP contribution in [0.3, 0.4) is 0 Å². The highest BCUT2D eigenvalue weighted by Gasteiger charge is 2.28. The van der Waals surface area contributed by atoms with Gasteiger partial charge >= 0.3 is 0 Å². The zero-order valence-corrected chi connectivity index (χ0v) is 12.0. The van der Waals surface area contributed by atoms with Crippen molar-refractivity contribution >= 4 is 0 Å². The van der Waals surface area contributed by atoms with E-state index < -0.39 is 0 Å². The van der Waals surface area contributed by atoms with E-state index in [-0.39, 0.29) is 6.10 Å². The minimum Gasteiger partial charge on any atom is -0.393 e. The lowest BCUT2D eigenvalue weighted by Crippen LogP contribution is -2.51. The van der Waals surface area contributed by atoms with Crippen LogP contribution in [-0.2, 0) is 6.54 Å². The average Bonchev–Trinajstić information content (AvgIpc) is 2.45. The molecule has 0 radical (unpaired) electrons. The normalized spacial score (nSPS) is 26.3. The van der Waals surface area contributed by atoms with E-state index in [0.717, 1.165) is 32.6 Å². The average molecular weight is 262 g/mol. The van der Waals surface area contributed by atoms with Crippen molar-refractivity contribution in [3.63, 3.8) is 0 Å². The molecule has 0 saturated carbocycles. The molecule has 2 rings (SSSR count). The Hall–Kier alpha value is -0.900. The van der Waals surface area contributed by atoms with Crippen LogP contribution in [0.25, 0.3) is 0 Å². The number of benzene rings is 1. The molecule has 106 valence electrons. The topological polar surface area (TPSA) is 35.5 Å². The number of piperidine rings is 1. The number of nitrogens with one attached hydrogen (secondary N) is 1. The Bertz CT molecular complexity index is 366. The predicted molar refractivity (Wildman–Crippen MR) is 79.0 cm³/mol. The summed E-state index contributed by atoms with van der Waals surface area (Å²) in [6.45, 7) is 8.20. The van der Waals surface area contributed by atoms with Crippen LogP contribution in [0.5, 0.6) is 0 Å². The van der Waals surface area contributed by atoms with Crippen LogP contribution in [0.15, 0.2) is 30.3 Å². The largest absolute Gasteiger partial charge is 0.393 e. The summed E-state index contributed by atoms with van der Waals surface area (Å²) in [5.74, 6) is 0.391. The van der Waals surface area contributed by atoms with Gasteiger partial charge in [0.1, 0.15) is 0 Å². The highest BCUT2D eigenvalue weighted by atomic mass is 16.3. The predicted octanol–water partition coefficient (Wildman–Crippen LogP) is 1.87. The van der Waals surface area contributed by atoms with Gasteiger partial charge in [0.05, 0.1) is 6.10 Å². The first-order valence-electron chi connectivity index (χ1n) is 7.36. The molecule has 1 aromatic carbocycles. The Morgan fingerprint density at radius 2 is 2.05 bits per heavy atom. The lowest BCUT2D eigenvalue weighted by molar-refractivity contribution is 0.0500. The number of aliphatic hydroxyl groups is 1. The number of rotatable bonds is 5. The van der Waals surface area contributed by atoms with Crippen molar-refractivity contribution in [3.8, 4) is 0 Å². The van der Waals surface area contributed by atoms with Gasteiger partial charge in [-0.1, -0.05) is 37.3 Å². The second kappa shape index (κ2) is 7.04. The van der Waals surface area contributed by atoms with Crippen LogP contribution >= 0.6 is 0 Å². The summed E-state index contributed by atoms with van der Waals surface area (Å²) < 4.78 is 0. The standard InChI is InChI=1S/C16H26N2O/c1-3-18-11-15(13(2)19)9-16(12-18)17-10-14-7-5-4-6-8-14/h4-8,13,15-17,19H,3,9-12H2,1-2H3. The second-order valence-electron chi connectivity index (χ2n) is 5.65.